The predicted molar refractivity (Wildman–Crippen MR) is 171 cm³/mol. The van der Waals surface area contributed by atoms with Crippen LogP contribution in [-0.2, 0) is 12.5 Å². The summed E-state index contributed by atoms with van der Waals surface area (Å²) in [5.74, 6) is -0.389. The molecule has 1 aliphatic heterocycles. The average Bonchev–Trinajstić information content (AvgIpc) is 3.57. The fourth-order valence-corrected chi connectivity index (χ4v) is 5.97. The van der Waals surface area contributed by atoms with Crippen molar-refractivity contribution in [2.45, 2.75) is 52.1 Å². The van der Waals surface area contributed by atoms with Crippen LogP contribution in [0.2, 0.25) is 0 Å². The van der Waals surface area contributed by atoms with E-state index in [4.69, 9.17) is 0 Å². The highest BCUT2D eigenvalue weighted by atomic mass is 32.1. The molecule has 2 aromatic carbocycles. The van der Waals surface area contributed by atoms with Crippen LogP contribution in [0.5, 0.6) is 0 Å². The van der Waals surface area contributed by atoms with Crippen molar-refractivity contribution >= 4 is 39.7 Å². The predicted octanol–water partition coefficient (Wildman–Crippen LogP) is 5.71. The number of carbonyl (C=O) groups excluding carboxylic acids is 2. The van der Waals surface area contributed by atoms with E-state index in [1.54, 1.807) is 31.1 Å². The second-order valence-corrected chi connectivity index (χ2v) is 13.5. The number of anilines is 3. The van der Waals surface area contributed by atoms with Gasteiger partial charge in [-0.15, -0.1) is 0 Å². The number of rotatable bonds is 6. The third-order valence-electron chi connectivity index (χ3n) is 7.79. The lowest BCUT2D eigenvalue weighted by Crippen LogP contribution is -2.33. The molecule has 1 aliphatic rings. The Balaban J connectivity index is 1.36. The number of aryl methyl sites for hydroxylation is 1. The lowest BCUT2D eigenvalue weighted by molar-refractivity contribution is 0.0574. The number of amides is 2. The van der Waals surface area contributed by atoms with E-state index in [0.29, 0.717) is 39.9 Å². The van der Waals surface area contributed by atoms with Crippen molar-refractivity contribution in [3.63, 3.8) is 0 Å². The largest absolute Gasteiger partial charge is 0.388 e. The van der Waals surface area contributed by atoms with Crippen LogP contribution < -0.4 is 16.2 Å². The van der Waals surface area contributed by atoms with Crippen LogP contribution >= 0.6 is 11.3 Å². The van der Waals surface area contributed by atoms with E-state index in [1.165, 1.54) is 10.8 Å². The zero-order valence-electron chi connectivity index (χ0n) is 25.3. The van der Waals surface area contributed by atoms with Gasteiger partial charge in [0.1, 0.15) is 10.6 Å². The molecule has 0 spiro atoms. The molecule has 0 radical (unpaired) electrons. The first kappa shape index (κ1) is 30.2. The maximum Gasteiger partial charge on any atom is 0.274 e. The number of aliphatic hydroxyl groups is 1. The summed E-state index contributed by atoms with van der Waals surface area (Å²) in [6, 6.07) is 15.1. The van der Waals surface area contributed by atoms with Crippen molar-refractivity contribution in [2.75, 3.05) is 23.7 Å². The van der Waals surface area contributed by atoms with E-state index in [0.717, 1.165) is 33.6 Å². The summed E-state index contributed by atoms with van der Waals surface area (Å²) in [5, 5.41) is 16.8. The van der Waals surface area contributed by atoms with Gasteiger partial charge in [-0.1, -0.05) is 56.4 Å². The SMILES string of the molecule is Cc1c(NC(=O)c2ccc(C(C)(C)C)cc2)cccc1-c1cc(Nc2ncc(C(=O)N3CCC(C)(O)C3)s2)c(=O)n(C)c1. The molecule has 3 N–H and O–H groups in total. The first-order valence-electron chi connectivity index (χ1n) is 14.2. The Bertz CT molecular complexity index is 1750. The highest BCUT2D eigenvalue weighted by Gasteiger charge is 2.35. The zero-order valence-corrected chi connectivity index (χ0v) is 26.1. The van der Waals surface area contributed by atoms with E-state index < -0.39 is 5.60 Å². The third kappa shape index (κ3) is 6.55. The maximum absolute atomic E-state index is 13.1. The minimum atomic E-state index is -0.885. The number of nitrogens with one attached hydrogen (secondary N) is 2. The first-order chi connectivity index (χ1) is 20.2. The van der Waals surface area contributed by atoms with Gasteiger partial charge in [-0.05, 0) is 66.6 Å². The first-order valence-corrected chi connectivity index (χ1v) is 15.0. The molecule has 9 nitrogen and oxygen atoms in total. The monoisotopic (exact) mass is 599 g/mol. The van der Waals surface area contributed by atoms with E-state index >= 15 is 0 Å². The van der Waals surface area contributed by atoms with Gasteiger partial charge in [0.05, 0.1) is 11.8 Å². The van der Waals surface area contributed by atoms with Gasteiger partial charge >= 0.3 is 0 Å². The molecule has 1 unspecified atom stereocenters. The average molecular weight is 600 g/mol. The minimum absolute atomic E-state index is 0.000584. The van der Waals surface area contributed by atoms with Gasteiger partial charge < -0.3 is 25.2 Å². The second-order valence-electron chi connectivity index (χ2n) is 12.4. The topological polar surface area (TPSA) is 117 Å². The van der Waals surface area contributed by atoms with Crippen LogP contribution in [0.15, 0.2) is 65.7 Å². The minimum Gasteiger partial charge on any atom is -0.388 e. The van der Waals surface area contributed by atoms with Crippen molar-refractivity contribution < 1.29 is 14.7 Å². The third-order valence-corrected chi connectivity index (χ3v) is 8.69. The molecule has 3 heterocycles. The summed E-state index contributed by atoms with van der Waals surface area (Å²) in [4.78, 5) is 45.4. The number of hydrogen-bond acceptors (Lipinski definition) is 7. The van der Waals surface area contributed by atoms with Gasteiger partial charge in [-0.3, -0.25) is 14.4 Å². The number of pyridine rings is 1. The van der Waals surface area contributed by atoms with Crippen molar-refractivity contribution in [3.05, 3.63) is 92.8 Å². The molecule has 1 saturated heterocycles. The van der Waals surface area contributed by atoms with Gasteiger partial charge in [-0.25, -0.2) is 4.98 Å². The molecule has 2 aromatic heterocycles. The molecule has 10 heteroatoms. The molecule has 1 fully saturated rings. The molecule has 5 rings (SSSR count). The standard InChI is InChI=1S/C33H37N5O4S/c1-20-24(8-7-9-25(20)35-28(39)21-10-12-23(13-11-21)32(2,3)4)22-16-26(29(40)37(6)18-22)36-31-34-17-27(43-31)30(41)38-15-14-33(5,42)19-38/h7-13,16-18,42H,14-15,19H2,1-6H3,(H,34,36)(H,35,39). The number of hydrogen-bond donors (Lipinski definition) is 3. The highest BCUT2D eigenvalue weighted by molar-refractivity contribution is 7.17. The number of benzene rings is 2. The van der Waals surface area contributed by atoms with Crippen LogP contribution in [0.3, 0.4) is 0 Å². The zero-order chi connectivity index (χ0) is 31.1. The fraction of sp³-hybridized carbons (Fsp3) is 0.333. The normalized spacial score (nSPS) is 16.8. The fourth-order valence-electron chi connectivity index (χ4n) is 5.17. The lowest BCUT2D eigenvalue weighted by Gasteiger charge is -2.19. The van der Waals surface area contributed by atoms with Gasteiger partial charge in [0.2, 0.25) is 0 Å². The van der Waals surface area contributed by atoms with Crippen LogP contribution in [0, 0.1) is 6.92 Å². The molecule has 1 atom stereocenters. The van der Waals surface area contributed by atoms with Crippen molar-refractivity contribution in [1.29, 1.82) is 0 Å². The Morgan fingerprint density at radius 2 is 1.81 bits per heavy atom. The van der Waals surface area contributed by atoms with Crippen molar-refractivity contribution in [3.8, 4) is 11.1 Å². The molecule has 43 heavy (non-hydrogen) atoms. The van der Waals surface area contributed by atoms with Gasteiger partial charge in [0, 0.05) is 43.1 Å². The second kappa shape index (κ2) is 11.4. The molecular formula is C33H37N5O4S. The van der Waals surface area contributed by atoms with Gasteiger partial charge in [-0.2, -0.15) is 0 Å². The number of aromatic nitrogens is 2. The number of nitrogens with zero attached hydrogens (tertiary/aromatic N) is 3. The molecule has 224 valence electrons. The van der Waals surface area contributed by atoms with Crippen LogP contribution in [-0.4, -0.2) is 50.1 Å². The van der Waals surface area contributed by atoms with Crippen LogP contribution in [0.1, 0.15) is 65.3 Å². The molecule has 0 bridgehead atoms. The van der Waals surface area contributed by atoms with E-state index in [1.807, 2.05) is 49.4 Å². The van der Waals surface area contributed by atoms with Gasteiger partial charge in [0.15, 0.2) is 5.13 Å². The number of likely N-dealkylation sites (tertiary alicyclic amines) is 1. The Labute approximate surface area is 255 Å². The summed E-state index contributed by atoms with van der Waals surface area (Å²) < 4.78 is 1.49. The number of thiazole rings is 1. The smallest absolute Gasteiger partial charge is 0.274 e. The lowest BCUT2D eigenvalue weighted by atomic mass is 9.86. The van der Waals surface area contributed by atoms with E-state index in [-0.39, 0.29) is 29.3 Å². The summed E-state index contributed by atoms with van der Waals surface area (Å²) >= 11 is 1.16. The van der Waals surface area contributed by atoms with E-state index in [9.17, 15) is 19.5 Å². The summed E-state index contributed by atoms with van der Waals surface area (Å²) in [7, 11) is 1.68. The molecule has 0 aliphatic carbocycles. The molecule has 0 saturated carbocycles. The number of β-amino-alcohol motifs (C(OH)–C–C–N with tert-alkyl or cyclic N) is 1. The Hall–Kier alpha value is -4.28. The Kier molecular flexibility index (Phi) is 8.02. The summed E-state index contributed by atoms with van der Waals surface area (Å²) in [6.45, 7) is 10.8. The Morgan fingerprint density at radius 3 is 2.47 bits per heavy atom. The summed E-state index contributed by atoms with van der Waals surface area (Å²) in [6.07, 6.45) is 3.77. The molecular weight excluding hydrogens is 562 g/mol. The van der Waals surface area contributed by atoms with Gasteiger partial charge in [0.25, 0.3) is 17.4 Å². The van der Waals surface area contributed by atoms with Crippen molar-refractivity contribution in [1.82, 2.24) is 14.5 Å². The van der Waals surface area contributed by atoms with Crippen LogP contribution in [0.25, 0.3) is 11.1 Å². The summed E-state index contributed by atoms with van der Waals surface area (Å²) in [5.41, 5.74) is 4.07. The van der Waals surface area contributed by atoms with Crippen LogP contribution in [0.4, 0.5) is 16.5 Å². The quantitative estimate of drug-likeness (QED) is 0.262. The van der Waals surface area contributed by atoms with Crippen molar-refractivity contribution in [2.24, 2.45) is 7.05 Å². The molecule has 2 amide bonds. The Morgan fingerprint density at radius 1 is 1.09 bits per heavy atom. The maximum atomic E-state index is 13.1. The molecule has 4 aromatic rings. The highest BCUT2D eigenvalue weighted by Crippen LogP contribution is 2.32. The number of carbonyl (C=O) groups is 2. The van der Waals surface area contributed by atoms with E-state index in [2.05, 4.69) is 36.4 Å².